The van der Waals surface area contributed by atoms with Crippen molar-refractivity contribution < 1.29 is 14.3 Å². The molecule has 28 heavy (non-hydrogen) atoms. The molecular formula is C22H27N3O3. The summed E-state index contributed by atoms with van der Waals surface area (Å²) in [5.41, 5.74) is 2.51. The summed E-state index contributed by atoms with van der Waals surface area (Å²) in [6.07, 6.45) is 2.17. The number of aromatic nitrogens is 1. The van der Waals surface area contributed by atoms with E-state index in [0.717, 1.165) is 23.2 Å². The predicted molar refractivity (Wildman–Crippen MR) is 108 cm³/mol. The second kappa shape index (κ2) is 8.42. The van der Waals surface area contributed by atoms with Gasteiger partial charge in [0.15, 0.2) is 0 Å². The van der Waals surface area contributed by atoms with Gasteiger partial charge >= 0.3 is 6.09 Å². The first kappa shape index (κ1) is 19.9. The summed E-state index contributed by atoms with van der Waals surface area (Å²) < 4.78 is 11.1. The van der Waals surface area contributed by atoms with Crippen molar-refractivity contribution in [2.45, 2.75) is 38.8 Å². The highest BCUT2D eigenvalue weighted by molar-refractivity contribution is 5.93. The monoisotopic (exact) mass is 381 g/mol. The van der Waals surface area contributed by atoms with Crippen molar-refractivity contribution in [1.29, 1.82) is 0 Å². The third-order valence-corrected chi connectivity index (χ3v) is 4.31. The summed E-state index contributed by atoms with van der Waals surface area (Å²) in [6, 6.07) is 13.9. The van der Waals surface area contributed by atoms with Gasteiger partial charge in [-0.2, -0.15) is 0 Å². The Labute approximate surface area is 166 Å². The molecule has 0 saturated heterocycles. The Morgan fingerprint density at radius 3 is 2.79 bits per heavy atom. The summed E-state index contributed by atoms with van der Waals surface area (Å²) in [4.78, 5) is 22.7. The van der Waals surface area contributed by atoms with E-state index in [2.05, 4.69) is 28.2 Å². The van der Waals surface area contributed by atoms with E-state index in [9.17, 15) is 4.79 Å². The van der Waals surface area contributed by atoms with Crippen molar-refractivity contribution in [3.05, 3.63) is 65.5 Å². The molecule has 1 amide bonds. The van der Waals surface area contributed by atoms with E-state index in [0.29, 0.717) is 19.0 Å². The molecule has 0 bridgehead atoms. The normalized spacial score (nSPS) is 16.3. The zero-order valence-electron chi connectivity index (χ0n) is 16.9. The highest BCUT2D eigenvalue weighted by atomic mass is 16.6. The van der Waals surface area contributed by atoms with Crippen LogP contribution in [0, 0.1) is 0 Å². The highest BCUT2D eigenvalue weighted by Crippen LogP contribution is 2.25. The van der Waals surface area contributed by atoms with E-state index in [1.165, 1.54) is 0 Å². The van der Waals surface area contributed by atoms with Crippen molar-refractivity contribution >= 4 is 12.0 Å². The number of amides is 1. The maximum atomic E-state index is 12.1. The first-order valence-electron chi connectivity index (χ1n) is 9.47. The molecule has 0 spiro atoms. The van der Waals surface area contributed by atoms with Gasteiger partial charge in [-0.25, -0.2) is 9.79 Å². The minimum absolute atomic E-state index is 0.0412. The molecule has 0 aliphatic carbocycles. The van der Waals surface area contributed by atoms with Gasteiger partial charge in [-0.15, -0.1) is 0 Å². The number of hydrogen-bond donors (Lipinski definition) is 0. The molecule has 1 unspecified atom stereocenters. The lowest BCUT2D eigenvalue weighted by Crippen LogP contribution is -2.35. The van der Waals surface area contributed by atoms with Crippen molar-refractivity contribution in [2.75, 3.05) is 20.2 Å². The summed E-state index contributed by atoms with van der Waals surface area (Å²) in [6.45, 7) is 6.69. The largest absolute Gasteiger partial charge is 0.474 e. The molecule has 0 radical (unpaired) electrons. The van der Waals surface area contributed by atoms with Gasteiger partial charge in [-0.1, -0.05) is 30.3 Å². The van der Waals surface area contributed by atoms with Crippen molar-refractivity contribution in [3.63, 3.8) is 0 Å². The molecule has 2 heterocycles. The quantitative estimate of drug-likeness (QED) is 0.785. The maximum absolute atomic E-state index is 12.1. The van der Waals surface area contributed by atoms with Crippen molar-refractivity contribution in [3.8, 4) is 0 Å². The molecule has 0 fully saturated rings. The number of pyridine rings is 1. The fraction of sp³-hybridized carbons (Fsp3) is 0.409. The van der Waals surface area contributed by atoms with E-state index in [-0.39, 0.29) is 12.1 Å². The number of carbonyl (C=O) groups excluding carboxylic acids is 1. The molecule has 1 aromatic carbocycles. The molecular weight excluding hydrogens is 354 g/mol. The van der Waals surface area contributed by atoms with Gasteiger partial charge in [0.1, 0.15) is 23.9 Å². The van der Waals surface area contributed by atoms with Gasteiger partial charge in [0.25, 0.3) is 0 Å². The van der Waals surface area contributed by atoms with E-state index in [1.807, 2.05) is 45.0 Å². The first-order valence-corrected chi connectivity index (χ1v) is 9.47. The van der Waals surface area contributed by atoms with Crippen LogP contribution in [0.25, 0.3) is 0 Å². The van der Waals surface area contributed by atoms with E-state index in [1.54, 1.807) is 18.1 Å². The summed E-state index contributed by atoms with van der Waals surface area (Å²) >= 11 is 0. The lowest BCUT2D eigenvalue weighted by molar-refractivity contribution is 0.0301. The maximum Gasteiger partial charge on any atom is 0.410 e. The second-order valence-corrected chi connectivity index (χ2v) is 7.87. The third-order valence-electron chi connectivity index (χ3n) is 4.31. The molecule has 6 heteroatoms. The lowest BCUT2D eigenvalue weighted by Gasteiger charge is -2.24. The fourth-order valence-corrected chi connectivity index (χ4v) is 2.86. The molecule has 6 nitrogen and oxygen atoms in total. The minimum Gasteiger partial charge on any atom is -0.474 e. The lowest BCUT2D eigenvalue weighted by atomic mass is 10.0. The molecule has 2 aromatic rings. The van der Waals surface area contributed by atoms with Crippen LogP contribution in [0.3, 0.4) is 0 Å². The average Bonchev–Trinajstić information content (AvgIpc) is 3.16. The first-order chi connectivity index (χ1) is 13.3. The molecule has 1 aromatic heterocycles. The van der Waals surface area contributed by atoms with E-state index in [4.69, 9.17) is 9.47 Å². The number of ether oxygens (including phenoxy) is 2. The number of carbonyl (C=O) groups is 1. The van der Waals surface area contributed by atoms with Gasteiger partial charge in [0, 0.05) is 19.8 Å². The molecule has 3 rings (SSSR count). The number of aliphatic imine (C=N–C) groups is 1. The Kier molecular flexibility index (Phi) is 5.97. The Morgan fingerprint density at radius 2 is 2.07 bits per heavy atom. The zero-order valence-corrected chi connectivity index (χ0v) is 16.9. The van der Waals surface area contributed by atoms with Gasteiger partial charge in [0.2, 0.25) is 5.90 Å². The number of hydrogen-bond acceptors (Lipinski definition) is 5. The molecule has 1 aliphatic rings. The Balaban J connectivity index is 1.62. The molecule has 148 valence electrons. The molecule has 1 atom stereocenters. The minimum atomic E-state index is -0.489. The highest BCUT2D eigenvalue weighted by Gasteiger charge is 2.23. The smallest absolute Gasteiger partial charge is 0.410 e. The average molecular weight is 381 g/mol. The fourth-order valence-electron chi connectivity index (χ4n) is 2.86. The van der Waals surface area contributed by atoms with Crippen molar-refractivity contribution in [1.82, 2.24) is 9.88 Å². The van der Waals surface area contributed by atoms with Gasteiger partial charge in [-0.3, -0.25) is 4.98 Å². The number of likely N-dealkylation sites (N-methyl/N-ethyl adjacent to an activating group) is 1. The molecule has 0 saturated carbocycles. The SMILES string of the molecule is CN(CCc1cccc(C2COC(c3ccccn3)=N2)c1)C(=O)OC(C)(C)C. The summed E-state index contributed by atoms with van der Waals surface area (Å²) in [5.74, 6) is 0.584. The van der Waals surface area contributed by atoms with Crippen LogP contribution in [0.2, 0.25) is 0 Å². The Hall–Kier alpha value is -2.89. The van der Waals surface area contributed by atoms with Crippen LogP contribution in [-0.4, -0.2) is 47.7 Å². The van der Waals surface area contributed by atoms with Crippen LogP contribution in [-0.2, 0) is 15.9 Å². The Bertz CT molecular complexity index is 844. The molecule has 0 N–H and O–H groups in total. The number of rotatable bonds is 5. The zero-order chi connectivity index (χ0) is 20.1. The summed E-state index contributed by atoms with van der Waals surface area (Å²) in [5, 5.41) is 0. The van der Waals surface area contributed by atoms with Crippen LogP contribution >= 0.6 is 0 Å². The van der Waals surface area contributed by atoms with E-state index >= 15 is 0 Å². The second-order valence-electron chi connectivity index (χ2n) is 7.87. The van der Waals surface area contributed by atoms with Crippen LogP contribution in [0.4, 0.5) is 4.79 Å². The molecule has 1 aliphatic heterocycles. The predicted octanol–water partition coefficient (Wildman–Crippen LogP) is 4.01. The van der Waals surface area contributed by atoms with Gasteiger partial charge in [0.05, 0.1) is 0 Å². The topological polar surface area (TPSA) is 64.0 Å². The van der Waals surface area contributed by atoms with E-state index < -0.39 is 5.60 Å². The van der Waals surface area contributed by atoms with Crippen LogP contribution in [0.15, 0.2) is 53.7 Å². The van der Waals surface area contributed by atoms with Gasteiger partial charge < -0.3 is 14.4 Å². The summed E-state index contributed by atoms with van der Waals surface area (Å²) in [7, 11) is 1.76. The van der Waals surface area contributed by atoms with Crippen LogP contribution < -0.4 is 0 Å². The van der Waals surface area contributed by atoms with Gasteiger partial charge in [-0.05, 0) is 50.5 Å². The van der Waals surface area contributed by atoms with Crippen LogP contribution in [0.1, 0.15) is 43.6 Å². The number of benzene rings is 1. The van der Waals surface area contributed by atoms with Crippen molar-refractivity contribution in [2.24, 2.45) is 4.99 Å². The number of nitrogens with zero attached hydrogens (tertiary/aromatic N) is 3. The Morgan fingerprint density at radius 1 is 1.25 bits per heavy atom. The van der Waals surface area contributed by atoms with Crippen LogP contribution in [0.5, 0.6) is 0 Å². The standard InChI is InChI=1S/C22H27N3O3/c1-22(2,3)28-21(26)25(4)13-11-16-8-7-9-17(14-16)19-15-27-20(24-19)18-10-5-6-12-23-18/h5-10,12,14,19H,11,13,15H2,1-4H3. The third kappa shape index (κ3) is 5.31.